The maximum atomic E-state index is 10.6. The molecule has 0 aromatic heterocycles. The number of amides is 1. The van der Waals surface area contributed by atoms with Gasteiger partial charge in [-0.05, 0) is 24.3 Å². The molecular formula is C9H7ClN4O. The number of carbonyl (C=O) groups excluding carboxylic acids is 1. The van der Waals surface area contributed by atoms with Gasteiger partial charge in [-0.3, -0.25) is 10.2 Å². The first kappa shape index (κ1) is 11.0. The Morgan fingerprint density at radius 1 is 1.47 bits per heavy atom. The van der Waals surface area contributed by atoms with Crippen molar-refractivity contribution in [2.24, 2.45) is 10.8 Å². The topological polar surface area (TPSA) is 91.3 Å². The molecule has 0 aliphatic heterocycles. The van der Waals surface area contributed by atoms with Crippen molar-refractivity contribution >= 4 is 28.9 Å². The third kappa shape index (κ3) is 3.29. The second-order valence-corrected chi connectivity index (χ2v) is 2.99. The van der Waals surface area contributed by atoms with Crippen LogP contribution in [0.25, 0.3) is 0 Å². The minimum absolute atomic E-state index is 0.384. The van der Waals surface area contributed by atoms with E-state index in [9.17, 15) is 4.79 Å². The number of carbonyl (C=O) groups is 1. The fourth-order valence-corrected chi connectivity index (χ4v) is 0.906. The monoisotopic (exact) mass is 222 g/mol. The second-order valence-electron chi connectivity index (χ2n) is 2.56. The standard InChI is InChI=1S/C9H7ClN4O/c10-6-1-3-7(4-2-6)13-14-8(5-11)9(12)15/h1-4,13H,(H2,12,15)/b14-8+. The number of anilines is 1. The van der Waals surface area contributed by atoms with Crippen LogP contribution in [-0.2, 0) is 4.79 Å². The van der Waals surface area contributed by atoms with E-state index in [4.69, 9.17) is 22.6 Å². The van der Waals surface area contributed by atoms with Crippen molar-refractivity contribution in [3.8, 4) is 6.07 Å². The van der Waals surface area contributed by atoms with Crippen LogP contribution in [0.1, 0.15) is 0 Å². The Morgan fingerprint density at radius 3 is 2.53 bits per heavy atom. The molecule has 0 aliphatic rings. The van der Waals surface area contributed by atoms with Gasteiger partial charge in [0.15, 0.2) is 0 Å². The molecule has 15 heavy (non-hydrogen) atoms. The van der Waals surface area contributed by atoms with E-state index in [-0.39, 0.29) is 5.71 Å². The van der Waals surface area contributed by atoms with Gasteiger partial charge in [-0.25, -0.2) is 0 Å². The van der Waals surface area contributed by atoms with Crippen molar-refractivity contribution in [2.75, 3.05) is 5.43 Å². The molecule has 0 saturated heterocycles. The maximum absolute atomic E-state index is 10.6. The number of halogens is 1. The van der Waals surface area contributed by atoms with E-state index < -0.39 is 5.91 Å². The van der Waals surface area contributed by atoms with Crippen molar-refractivity contribution in [3.05, 3.63) is 29.3 Å². The first-order chi connectivity index (χ1) is 7.13. The van der Waals surface area contributed by atoms with Gasteiger partial charge in [0.2, 0.25) is 5.71 Å². The average molecular weight is 223 g/mol. The SMILES string of the molecule is N#C/C(=N\Nc1ccc(Cl)cc1)C(N)=O. The zero-order valence-electron chi connectivity index (χ0n) is 7.57. The van der Waals surface area contributed by atoms with E-state index in [1.54, 1.807) is 30.3 Å². The molecule has 0 spiro atoms. The van der Waals surface area contributed by atoms with Crippen molar-refractivity contribution in [1.82, 2.24) is 0 Å². The Bertz CT molecular complexity index is 432. The lowest BCUT2D eigenvalue weighted by atomic mass is 10.3. The van der Waals surface area contributed by atoms with Crippen LogP contribution in [0, 0.1) is 11.3 Å². The molecular weight excluding hydrogens is 216 g/mol. The Labute approximate surface area is 91.1 Å². The Hall–Kier alpha value is -2.06. The summed E-state index contributed by atoms with van der Waals surface area (Å²) in [6.07, 6.45) is 0. The summed E-state index contributed by atoms with van der Waals surface area (Å²) in [4.78, 5) is 10.6. The summed E-state index contributed by atoms with van der Waals surface area (Å²) in [5, 5.41) is 12.6. The molecule has 0 fully saturated rings. The lowest BCUT2D eigenvalue weighted by Crippen LogP contribution is -2.22. The fourth-order valence-electron chi connectivity index (χ4n) is 0.780. The lowest BCUT2D eigenvalue weighted by molar-refractivity contribution is -0.111. The van der Waals surface area contributed by atoms with Crippen LogP contribution in [0.4, 0.5) is 5.69 Å². The Morgan fingerprint density at radius 2 is 2.07 bits per heavy atom. The fraction of sp³-hybridized carbons (Fsp3) is 0. The Balaban J connectivity index is 2.76. The van der Waals surface area contributed by atoms with E-state index in [0.29, 0.717) is 10.7 Å². The maximum Gasteiger partial charge on any atom is 0.280 e. The zero-order chi connectivity index (χ0) is 11.3. The highest BCUT2D eigenvalue weighted by atomic mass is 35.5. The molecule has 1 aromatic rings. The molecule has 0 unspecified atom stereocenters. The minimum atomic E-state index is -0.876. The summed E-state index contributed by atoms with van der Waals surface area (Å²) in [5.74, 6) is -0.876. The third-order valence-corrected chi connectivity index (χ3v) is 1.73. The van der Waals surface area contributed by atoms with E-state index >= 15 is 0 Å². The molecule has 76 valence electrons. The van der Waals surface area contributed by atoms with Crippen LogP contribution < -0.4 is 11.2 Å². The number of nitriles is 1. The molecule has 3 N–H and O–H groups in total. The summed E-state index contributed by atoms with van der Waals surface area (Å²) in [6, 6.07) is 8.18. The van der Waals surface area contributed by atoms with Gasteiger partial charge in [0.05, 0.1) is 5.69 Å². The molecule has 1 aromatic carbocycles. The first-order valence-corrected chi connectivity index (χ1v) is 4.30. The van der Waals surface area contributed by atoms with E-state index in [1.165, 1.54) is 0 Å². The molecule has 0 saturated carbocycles. The van der Waals surface area contributed by atoms with Crippen LogP contribution in [0.2, 0.25) is 5.02 Å². The van der Waals surface area contributed by atoms with Gasteiger partial charge in [-0.15, -0.1) is 0 Å². The van der Waals surface area contributed by atoms with Gasteiger partial charge >= 0.3 is 0 Å². The second kappa shape index (κ2) is 4.98. The van der Waals surface area contributed by atoms with Gasteiger partial charge in [-0.2, -0.15) is 10.4 Å². The van der Waals surface area contributed by atoms with Gasteiger partial charge in [-0.1, -0.05) is 11.6 Å². The molecule has 0 atom stereocenters. The number of nitrogens with two attached hydrogens (primary N) is 1. The van der Waals surface area contributed by atoms with Crippen LogP contribution in [0.5, 0.6) is 0 Å². The largest absolute Gasteiger partial charge is 0.364 e. The van der Waals surface area contributed by atoms with Crippen molar-refractivity contribution in [2.45, 2.75) is 0 Å². The smallest absolute Gasteiger partial charge is 0.280 e. The van der Waals surface area contributed by atoms with Crippen molar-refractivity contribution < 1.29 is 4.79 Å². The Kier molecular flexibility index (Phi) is 3.66. The third-order valence-electron chi connectivity index (χ3n) is 1.48. The molecule has 1 amide bonds. The summed E-state index contributed by atoms with van der Waals surface area (Å²) in [7, 11) is 0. The first-order valence-electron chi connectivity index (χ1n) is 3.92. The van der Waals surface area contributed by atoms with Gasteiger partial charge in [0.1, 0.15) is 6.07 Å². The van der Waals surface area contributed by atoms with E-state index in [1.807, 2.05) is 0 Å². The van der Waals surface area contributed by atoms with Gasteiger partial charge in [0.25, 0.3) is 5.91 Å². The van der Waals surface area contributed by atoms with Crippen molar-refractivity contribution in [1.29, 1.82) is 5.26 Å². The number of nitrogens with one attached hydrogen (secondary N) is 1. The number of rotatable bonds is 3. The number of benzene rings is 1. The predicted molar refractivity (Wildman–Crippen MR) is 57.3 cm³/mol. The summed E-state index contributed by atoms with van der Waals surface area (Å²) in [5.41, 5.74) is 7.61. The molecule has 0 radical (unpaired) electrons. The van der Waals surface area contributed by atoms with Crippen LogP contribution in [0.15, 0.2) is 29.4 Å². The minimum Gasteiger partial charge on any atom is -0.364 e. The number of hydrogen-bond donors (Lipinski definition) is 2. The highest BCUT2D eigenvalue weighted by molar-refractivity contribution is 6.44. The normalized spacial score (nSPS) is 10.5. The number of hydrazone groups is 1. The van der Waals surface area contributed by atoms with Gasteiger partial charge < -0.3 is 5.73 Å². The summed E-state index contributed by atoms with van der Waals surface area (Å²) < 4.78 is 0. The van der Waals surface area contributed by atoms with Gasteiger partial charge in [0, 0.05) is 5.02 Å². The zero-order valence-corrected chi connectivity index (χ0v) is 8.32. The number of hydrogen-bond acceptors (Lipinski definition) is 4. The highest BCUT2D eigenvalue weighted by Gasteiger charge is 2.04. The predicted octanol–water partition coefficient (Wildman–Crippen LogP) is 1.12. The molecule has 1 rings (SSSR count). The lowest BCUT2D eigenvalue weighted by Gasteiger charge is -1.99. The average Bonchev–Trinajstić information content (AvgIpc) is 2.21. The molecule has 5 nitrogen and oxygen atoms in total. The molecule has 0 aliphatic carbocycles. The van der Waals surface area contributed by atoms with E-state index in [0.717, 1.165) is 0 Å². The van der Waals surface area contributed by atoms with Crippen LogP contribution >= 0.6 is 11.6 Å². The molecule has 6 heteroatoms. The quantitative estimate of drug-likeness (QED) is 0.593. The van der Waals surface area contributed by atoms with Crippen LogP contribution in [0.3, 0.4) is 0 Å². The number of primary amides is 1. The van der Waals surface area contributed by atoms with Crippen LogP contribution in [-0.4, -0.2) is 11.6 Å². The summed E-state index contributed by atoms with van der Waals surface area (Å²) in [6.45, 7) is 0. The van der Waals surface area contributed by atoms with Crippen molar-refractivity contribution in [3.63, 3.8) is 0 Å². The highest BCUT2D eigenvalue weighted by Crippen LogP contribution is 2.13. The van der Waals surface area contributed by atoms with E-state index in [2.05, 4.69) is 10.5 Å². The summed E-state index contributed by atoms with van der Waals surface area (Å²) >= 11 is 5.66. The molecule has 0 heterocycles. The molecule has 0 bridgehead atoms. The number of nitrogens with zero attached hydrogens (tertiary/aromatic N) is 2.